The van der Waals surface area contributed by atoms with Gasteiger partial charge in [-0.3, -0.25) is 0 Å². The maximum absolute atomic E-state index is 12.2. The Morgan fingerprint density at radius 3 is 2.44 bits per heavy atom. The number of hydrogen-bond donors (Lipinski definition) is 1. The highest BCUT2D eigenvalue weighted by atomic mass is 32.2. The van der Waals surface area contributed by atoms with Crippen molar-refractivity contribution in [2.75, 3.05) is 6.54 Å². The number of rotatable bonds is 2. The van der Waals surface area contributed by atoms with Crippen molar-refractivity contribution in [1.82, 2.24) is 5.32 Å². The fraction of sp³-hybridized carbons (Fsp3) is 0.500. The molecule has 1 heterocycles. The summed E-state index contributed by atoms with van der Waals surface area (Å²) in [6, 6.07) is 7.08. The number of sulfone groups is 1. The molecule has 0 amide bonds. The molecule has 1 aliphatic heterocycles. The number of benzene rings is 1. The van der Waals surface area contributed by atoms with Gasteiger partial charge in [-0.1, -0.05) is 17.7 Å². The van der Waals surface area contributed by atoms with Crippen LogP contribution in [0.3, 0.4) is 0 Å². The van der Waals surface area contributed by atoms with Crippen LogP contribution in [0.1, 0.15) is 24.8 Å². The third-order valence-corrected chi connectivity index (χ3v) is 5.07. The van der Waals surface area contributed by atoms with Crippen molar-refractivity contribution in [2.45, 2.75) is 36.5 Å². The van der Waals surface area contributed by atoms with Gasteiger partial charge in [0.25, 0.3) is 0 Å². The molecule has 0 saturated carbocycles. The lowest BCUT2D eigenvalue weighted by Crippen LogP contribution is -2.40. The Kier molecular flexibility index (Phi) is 3.30. The van der Waals surface area contributed by atoms with Crippen LogP contribution in [0.2, 0.25) is 0 Å². The van der Waals surface area contributed by atoms with Gasteiger partial charge in [0.15, 0.2) is 9.84 Å². The Hall–Kier alpha value is -0.870. The van der Waals surface area contributed by atoms with Crippen LogP contribution < -0.4 is 5.32 Å². The molecule has 1 aliphatic rings. The van der Waals surface area contributed by atoms with Crippen LogP contribution in [-0.2, 0) is 9.84 Å². The average molecular weight is 239 g/mol. The van der Waals surface area contributed by atoms with E-state index < -0.39 is 15.2 Å². The summed E-state index contributed by atoms with van der Waals surface area (Å²) >= 11 is 0. The molecule has 1 unspecified atom stereocenters. The van der Waals surface area contributed by atoms with E-state index in [-0.39, 0.29) is 0 Å². The Morgan fingerprint density at radius 2 is 1.88 bits per heavy atom. The molecule has 1 N–H and O–H groups in total. The summed E-state index contributed by atoms with van der Waals surface area (Å²) in [5.74, 6) is 0. The fourth-order valence-corrected chi connectivity index (χ4v) is 3.64. The lowest BCUT2D eigenvalue weighted by Gasteiger charge is -2.23. The molecule has 0 bridgehead atoms. The second-order valence-corrected chi connectivity index (χ2v) is 6.43. The SMILES string of the molecule is Cc1ccc(S(=O)(=O)C2CCCCN2)cc1. The van der Waals surface area contributed by atoms with E-state index in [0.717, 1.165) is 31.4 Å². The van der Waals surface area contributed by atoms with E-state index in [1.54, 1.807) is 12.1 Å². The normalized spacial score (nSPS) is 21.9. The molecule has 1 aromatic rings. The first-order chi connectivity index (χ1) is 7.60. The topological polar surface area (TPSA) is 46.2 Å². The Morgan fingerprint density at radius 1 is 1.19 bits per heavy atom. The third-order valence-electron chi connectivity index (χ3n) is 2.99. The minimum atomic E-state index is -3.19. The molecule has 0 aromatic heterocycles. The number of aryl methyl sites for hydroxylation is 1. The summed E-state index contributed by atoms with van der Waals surface area (Å²) in [5.41, 5.74) is 1.08. The van der Waals surface area contributed by atoms with Gasteiger partial charge in [-0.25, -0.2) is 8.42 Å². The summed E-state index contributed by atoms with van der Waals surface area (Å²) in [7, 11) is -3.19. The summed E-state index contributed by atoms with van der Waals surface area (Å²) in [5, 5.41) is 2.69. The molecule has 0 spiro atoms. The van der Waals surface area contributed by atoms with Gasteiger partial charge in [0.2, 0.25) is 0 Å². The van der Waals surface area contributed by atoms with Gasteiger partial charge in [-0.15, -0.1) is 0 Å². The highest BCUT2D eigenvalue weighted by Crippen LogP contribution is 2.21. The molecule has 0 aliphatic carbocycles. The van der Waals surface area contributed by atoms with Gasteiger partial charge in [0.05, 0.1) is 4.90 Å². The molecule has 88 valence electrons. The zero-order valence-electron chi connectivity index (χ0n) is 9.44. The second-order valence-electron chi connectivity index (χ2n) is 4.30. The molecule has 3 nitrogen and oxygen atoms in total. The summed E-state index contributed by atoms with van der Waals surface area (Å²) < 4.78 is 24.5. The molecule has 1 aromatic carbocycles. The van der Waals surface area contributed by atoms with E-state index in [9.17, 15) is 8.42 Å². The Balaban J connectivity index is 2.27. The average Bonchev–Trinajstić information content (AvgIpc) is 2.31. The first kappa shape index (κ1) is 11.6. The van der Waals surface area contributed by atoms with Crippen molar-refractivity contribution in [3.8, 4) is 0 Å². The van der Waals surface area contributed by atoms with E-state index in [1.807, 2.05) is 19.1 Å². The molecule has 1 fully saturated rings. The van der Waals surface area contributed by atoms with Crippen molar-refractivity contribution in [2.24, 2.45) is 0 Å². The summed E-state index contributed by atoms with van der Waals surface area (Å²) in [4.78, 5) is 0.428. The highest BCUT2D eigenvalue weighted by Gasteiger charge is 2.28. The zero-order chi connectivity index (χ0) is 11.6. The fourth-order valence-electron chi connectivity index (χ4n) is 1.98. The lowest BCUT2D eigenvalue weighted by molar-refractivity contribution is 0.461. The monoisotopic (exact) mass is 239 g/mol. The number of piperidine rings is 1. The third kappa shape index (κ3) is 2.28. The van der Waals surface area contributed by atoms with Crippen molar-refractivity contribution in [1.29, 1.82) is 0 Å². The Labute approximate surface area is 96.8 Å². The van der Waals surface area contributed by atoms with Gasteiger partial charge in [0.1, 0.15) is 5.37 Å². The zero-order valence-corrected chi connectivity index (χ0v) is 10.3. The van der Waals surface area contributed by atoms with E-state index in [4.69, 9.17) is 0 Å². The molecule has 4 heteroatoms. The van der Waals surface area contributed by atoms with Crippen molar-refractivity contribution >= 4 is 9.84 Å². The van der Waals surface area contributed by atoms with Crippen molar-refractivity contribution in [3.63, 3.8) is 0 Å². The van der Waals surface area contributed by atoms with E-state index in [0.29, 0.717) is 4.90 Å². The predicted octanol–water partition coefficient (Wildman–Crippen LogP) is 1.87. The van der Waals surface area contributed by atoms with Gasteiger partial charge in [0, 0.05) is 0 Å². The van der Waals surface area contributed by atoms with Crippen molar-refractivity contribution in [3.05, 3.63) is 29.8 Å². The maximum atomic E-state index is 12.2. The molecular formula is C12H17NO2S. The van der Waals surface area contributed by atoms with Crippen LogP contribution in [0.5, 0.6) is 0 Å². The van der Waals surface area contributed by atoms with E-state index >= 15 is 0 Å². The van der Waals surface area contributed by atoms with Gasteiger partial charge in [-0.05, 0) is 44.9 Å². The molecular weight excluding hydrogens is 222 g/mol. The molecule has 1 saturated heterocycles. The molecule has 2 rings (SSSR count). The second kappa shape index (κ2) is 4.55. The van der Waals surface area contributed by atoms with Crippen LogP contribution in [-0.4, -0.2) is 20.3 Å². The lowest BCUT2D eigenvalue weighted by atomic mass is 10.2. The summed E-state index contributed by atoms with van der Waals surface area (Å²) in [6.45, 7) is 2.75. The first-order valence-corrected chi connectivity index (χ1v) is 7.19. The van der Waals surface area contributed by atoms with Crippen LogP contribution >= 0.6 is 0 Å². The maximum Gasteiger partial charge on any atom is 0.194 e. The van der Waals surface area contributed by atoms with Crippen LogP contribution in [0.4, 0.5) is 0 Å². The predicted molar refractivity (Wildman–Crippen MR) is 64.0 cm³/mol. The minimum absolute atomic E-state index is 0.399. The Bertz CT molecular complexity index is 444. The smallest absolute Gasteiger partial charge is 0.194 e. The molecule has 1 atom stereocenters. The molecule has 16 heavy (non-hydrogen) atoms. The van der Waals surface area contributed by atoms with Gasteiger partial charge in [-0.2, -0.15) is 0 Å². The first-order valence-electron chi connectivity index (χ1n) is 5.65. The van der Waals surface area contributed by atoms with Crippen LogP contribution in [0.15, 0.2) is 29.2 Å². The largest absolute Gasteiger partial charge is 0.301 e. The van der Waals surface area contributed by atoms with Crippen LogP contribution in [0.25, 0.3) is 0 Å². The highest BCUT2D eigenvalue weighted by molar-refractivity contribution is 7.92. The summed E-state index contributed by atoms with van der Waals surface area (Å²) in [6.07, 6.45) is 2.78. The van der Waals surface area contributed by atoms with Crippen LogP contribution in [0, 0.1) is 6.92 Å². The molecule has 0 radical (unpaired) electrons. The minimum Gasteiger partial charge on any atom is -0.301 e. The van der Waals surface area contributed by atoms with Gasteiger partial charge >= 0.3 is 0 Å². The quantitative estimate of drug-likeness (QED) is 0.857. The van der Waals surface area contributed by atoms with Crippen molar-refractivity contribution < 1.29 is 8.42 Å². The standard InChI is InChI=1S/C12H17NO2S/c1-10-5-7-11(8-6-10)16(14,15)12-4-2-3-9-13-12/h5-8,12-13H,2-4,9H2,1H3. The number of hydrogen-bond acceptors (Lipinski definition) is 3. The van der Waals surface area contributed by atoms with E-state index in [2.05, 4.69) is 5.32 Å². The van der Waals surface area contributed by atoms with Gasteiger partial charge < -0.3 is 5.32 Å². The van der Waals surface area contributed by atoms with E-state index in [1.165, 1.54) is 0 Å². The number of nitrogens with one attached hydrogen (secondary N) is 1.